The number of benzene rings is 2. The summed E-state index contributed by atoms with van der Waals surface area (Å²) < 4.78 is 17.9. The summed E-state index contributed by atoms with van der Waals surface area (Å²) in [5.74, 6) is 2.95. The van der Waals surface area contributed by atoms with Crippen LogP contribution in [-0.4, -0.2) is 57.3 Å². The molecule has 0 N–H and O–H groups in total. The van der Waals surface area contributed by atoms with E-state index >= 15 is 0 Å². The molecule has 0 aliphatic carbocycles. The van der Waals surface area contributed by atoms with Crippen molar-refractivity contribution in [1.82, 2.24) is 24.0 Å². The quantitative estimate of drug-likeness (QED) is 0.430. The molecule has 0 atom stereocenters. The van der Waals surface area contributed by atoms with Gasteiger partial charge < -0.3 is 18.9 Å². The van der Waals surface area contributed by atoms with Gasteiger partial charge in [0.1, 0.15) is 22.8 Å². The van der Waals surface area contributed by atoms with Crippen molar-refractivity contribution in [3.8, 4) is 11.5 Å². The van der Waals surface area contributed by atoms with Crippen LogP contribution in [0, 0.1) is 0 Å². The van der Waals surface area contributed by atoms with Crippen molar-refractivity contribution in [1.29, 1.82) is 0 Å². The maximum Gasteiger partial charge on any atom is 0.253 e. The van der Waals surface area contributed by atoms with Crippen LogP contribution in [0.4, 0.5) is 0 Å². The van der Waals surface area contributed by atoms with Crippen molar-refractivity contribution in [2.24, 2.45) is 0 Å². The van der Waals surface area contributed by atoms with Crippen LogP contribution < -0.4 is 9.47 Å². The third-order valence-electron chi connectivity index (χ3n) is 6.15. The zero-order valence-corrected chi connectivity index (χ0v) is 19.4. The highest BCUT2D eigenvalue weighted by Gasteiger charge is 2.27. The molecule has 4 aromatic rings. The van der Waals surface area contributed by atoms with Crippen molar-refractivity contribution in [2.45, 2.75) is 25.3 Å². The first-order valence-electron chi connectivity index (χ1n) is 10.9. The highest BCUT2D eigenvalue weighted by molar-refractivity contribution is 7.12. The van der Waals surface area contributed by atoms with Crippen molar-refractivity contribution >= 4 is 27.7 Å². The Kier molecular flexibility index (Phi) is 5.95. The van der Waals surface area contributed by atoms with E-state index in [1.54, 1.807) is 14.2 Å². The molecule has 0 saturated carbocycles. The highest BCUT2D eigenvalue weighted by atomic mass is 32.1. The van der Waals surface area contributed by atoms with Gasteiger partial charge in [-0.1, -0.05) is 4.49 Å². The summed E-state index contributed by atoms with van der Waals surface area (Å²) in [4.78, 5) is 19.6. The second-order valence-corrected chi connectivity index (χ2v) is 8.94. The van der Waals surface area contributed by atoms with Gasteiger partial charge in [-0.3, -0.25) is 4.79 Å². The Morgan fingerprint density at radius 2 is 1.85 bits per heavy atom. The lowest BCUT2D eigenvalue weighted by Gasteiger charge is -2.32. The molecule has 3 heterocycles. The Labute approximate surface area is 195 Å². The second kappa shape index (κ2) is 9.19. The number of aromatic nitrogens is 4. The number of ether oxygens (including phenoxy) is 2. The van der Waals surface area contributed by atoms with Crippen LogP contribution in [0.5, 0.6) is 11.5 Å². The minimum absolute atomic E-state index is 0.0511. The SMILES string of the molecule is COc1cc(Cn2ccnc2C2CCN(C(=O)c3ccc4snnc4c3)CC2)cc(OC)c1. The lowest BCUT2D eigenvalue weighted by molar-refractivity contribution is 0.0710. The number of rotatable bonds is 6. The first-order valence-corrected chi connectivity index (χ1v) is 11.7. The van der Waals surface area contributed by atoms with E-state index in [4.69, 9.17) is 9.47 Å². The first-order chi connectivity index (χ1) is 16.1. The van der Waals surface area contributed by atoms with Crippen LogP contribution in [0.25, 0.3) is 10.2 Å². The van der Waals surface area contributed by atoms with Gasteiger partial charge in [-0.05, 0) is 60.3 Å². The summed E-state index contributed by atoms with van der Waals surface area (Å²) in [6.07, 6.45) is 5.62. The molecule has 33 heavy (non-hydrogen) atoms. The topological polar surface area (TPSA) is 82.4 Å². The van der Waals surface area contributed by atoms with Gasteiger partial charge in [0.25, 0.3) is 5.91 Å². The molecule has 1 aliphatic heterocycles. The van der Waals surface area contributed by atoms with Gasteiger partial charge in [0.15, 0.2) is 0 Å². The molecule has 170 valence electrons. The average Bonchev–Trinajstić information content (AvgIpc) is 3.52. The molecule has 1 saturated heterocycles. The Morgan fingerprint density at radius 3 is 2.58 bits per heavy atom. The van der Waals surface area contributed by atoms with Crippen molar-refractivity contribution < 1.29 is 14.3 Å². The Bertz CT molecular complexity index is 1250. The van der Waals surface area contributed by atoms with Crippen molar-refractivity contribution in [2.75, 3.05) is 27.3 Å². The summed E-state index contributed by atoms with van der Waals surface area (Å²) in [6, 6.07) is 11.5. The van der Waals surface area contributed by atoms with Crippen LogP contribution in [0.3, 0.4) is 0 Å². The van der Waals surface area contributed by atoms with E-state index in [9.17, 15) is 4.79 Å². The van der Waals surface area contributed by atoms with Gasteiger partial charge >= 0.3 is 0 Å². The standard InChI is InChI=1S/C24H25N5O3S/c1-31-19-11-16(12-20(14-19)32-2)15-29-10-7-25-23(29)17-5-8-28(9-6-17)24(30)18-3-4-22-21(13-18)26-27-33-22/h3-4,7,10-14,17H,5-6,8-9,15H2,1-2H3. The molecule has 1 amide bonds. The minimum Gasteiger partial charge on any atom is -0.497 e. The molecular weight excluding hydrogens is 438 g/mol. The number of likely N-dealkylation sites (tertiary alicyclic amines) is 1. The largest absolute Gasteiger partial charge is 0.497 e. The molecule has 9 heteroatoms. The maximum absolute atomic E-state index is 13.0. The summed E-state index contributed by atoms with van der Waals surface area (Å²) in [7, 11) is 3.31. The maximum atomic E-state index is 13.0. The molecule has 2 aromatic carbocycles. The zero-order chi connectivity index (χ0) is 22.8. The minimum atomic E-state index is 0.0511. The smallest absolute Gasteiger partial charge is 0.253 e. The summed E-state index contributed by atoms with van der Waals surface area (Å²) in [6.45, 7) is 2.09. The number of hydrogen-bond acceptors (Lipinski definition) is 7. The molecule has 5 rings (SSSR count). The number of imidazole rings is 1. The highest BCUT2D eigenvalue weighted by Crippen LogP contribution is 2.30. The number of hydrogen-bond donors (Lipinski definition) is 0. The number of nitrogens with zero attached hydrogens (tertiary/aromatic N) is 5. The fraction of sp³-hybridized carbons (Fsp3) is 0.333. The zero-order valence-electron chi connectivity index (χ0n) is 18.6. The van der Waals surface area contributed by atoms with Crippen LogP contribution in [0.15, 0.2) is 48.8 Å². The molecule has 0 spiro atoms. The summed E-state index contributed by atoms with van der Waals surface area (Å²) in [5.41, 5.74) is 2.53. The van der Waals surface area contributed by atoms with E-state index in [2.05, 4.69) is 19.1 Å². The molecule has 1 fully saturated rings. The third-order valence-corrected chi connectivity index (χ3v) is 6.86. The number of carbonyl (C=O) groups is 1. The lowest BCUT2D eigenvalue weighted by atomic mass is 9.95. The Hall–Kier alpha value is -3.46. The van der Waals surface area contributed by atoms with E-state index in [1.807, 2.05) is 53.7 Å². The predicted octanol–water partition coefficient (Wildman–Crippen LogP) is 3.97. The van der Waals surface area contributed by atoms with Crippen molar-refractivity contribution in [3.05, 3.63) is 65.7 Å². The first kappa shape index (κ1) is 21.4. The van der Waals surface area contributed by atoms with E-state index in [0.717, 1.165) is 45.9 Å². The molecule has 0 bridgehead atoms. The molecule has 2 aromatic heterocycles. The van der Waals surface area contributed by atoms with Gasteiger partial charge in [0, 0.05) is 49.6 Å². The van der Waals surface area contributed by atoms with Crippen molar-refractivity contribution in [3.63, 3.8) is 0 Å². The molecule has 0 radical (unpaired) electrons. The summed E-state index contributed by atoms with van der Waals surface area (Å²) >= 11 is 1.34. The van der Waals surface area contributed by atoms with Gasteiger partial charge in [-0.2, -0.15) is 0 Å². The average molecular weight is 464 g/mol. The van der Waals surface area contributed by atoms with Gasteiger partial charge in [-0.25, -0.2) is 4.98 Å². The number of methoxy groups -OCH3 is 2. The second-order valence-electron chi connectivity index (χ2n) is 8.16. The van der Waals surface area contributed by atoms with Gasteiger partial charge in [0.2, 0.25) is 0 Å². The molecular formula is C24H25N5O3S. The lowest BCUT2D eigenvalue weighted by Crippen LogP contribution is -2.38. The Balaban J connectivity index is 1.26. The third kappa shape index (κ3) is 4.41. The normalized spacial score (nSPS) is 14.5. The number of piperidine rings is 1. The van der Waals surface area contributed by atoms with Gasteiger partial charge in [0.05, 0.1) is 18.9 Å². The molecule has 1 aliphatic rings. The fourth-order valence-electron chi connectivity index (χ4n) is 4.41. The van der Waals surface area contributed by atoms with E-state index < -0.39 is 0 Å². The monoisotopic (exact) mass is 463 g/mol. The van der Waals surface area contributed by atoms with E-state index in [1.165, 1.54) is 11.5 Å². The predicted molar refractivity (Wildman–Crippen MR) is 126 cm³/mol. The van der Waals surface area contributed by atoms with Gasteiger partial charge in [-0.15, -0.1) is 5.10 Å². The van der Waals surface area contributed by atoms with Crippen LogP contribution in [0.2, 0.25) is 0 Å². The van der Waals surface area contributed by atoms with Crippen LogP contribution in [-0.2, 0) is 6.54 Å². The Morgan fingerprint density at radius 1 is 1.09 bits per heavy atom. The number of amides is 1. The molecule has 0 unspecified atom stereocenters. The van der Waals surface area contributed by atoms with E-state index in [-0.39, 0.29) is 5.91 Å². The van der Waals surface area contributed by atoms with E-state index in [0.29, 0.717) is 31.1 Å². The van der Waals surface area contributed by atoms with Crippen LogP contribution in [0.1, 0.15) is 40.5 Å². The fourth-order valence-corrected chi connectivity index (χ4v) is 4.95. The number of carbonyl (C=O) groups excluding carboxylic acids is 1. The summed E-state index contributed by atoms with van der Waals surface area (Å²) in [5, 5.41) is 4.09. The molecule has 8 nitrogen and oxygen atoms in total. The number of fused-ring (bicyclic) bond motifs is 1. The van der Waals surface area contributed by atoms with Crippen LogP contribution >= 0.6 is 11.5 Å².